The lowest BCUT2D eigenvalue weighted by molar-refractivity contribution is 0.432. The predicted molar refractivity (Wildman–Crippen MR) is 68.3 cm³/mol. The quantitative estimate of drug-likeness (QED) is 0.766. The molecule has 0 fully saturated rings. The van der Waals surface area contributed by atoms with Gasteiger partial charge in [-0.1, -0.05) is 6.92 Å². The van der Waals surface area contributed by atoms with Gasteiger partial charge in [0, 0.05) is 25.4 Å². The number of rotatable bonds is 6. The summed E-state index contributed by atoms with van der Waals surface area (Å²) in [4.78, 5) is 0. The molecule has 1 rings (SSSR count). The van der Waals surface area contributed by atoms with Crippen molar-refractivity contribution in [2.24, 2.45) is 12.5 Å². The molecular weight excluding hydrogens is 212 g/mol. The van der Waals surface area contributed by atoms with Crippen LogP contribution in [0.15, 0.2) is 6.20 Å². The zero-order valence-corrected chi connectivity index (χ0v) is 11.2. The first-order valence-electron chi connectivity index (χ1n) is 6.12. The van der Waals surface area contributed by atoms with Gasteiger partial charge in [-0.05, 0) is 33.2 Å². The Morgan fingerprint density at radius 3 is 2.82 bits per heavy atom. The van der Waals surface area contributed by atoms with Crippen molar-refractivity contribution in [3.63, 3.8) is 0 Å². The molecule has 4 heteroatoms. The van der Waals surface area contributed by atoms with Crippen molar-refractivity contribution in [3.8, 4) is 6.07 Å². The van der Waals surface area contributed by atoms with Gasteiger partial charge >= 0.3 is 0 Å². The molecule has 0 aliphatic rings. The highest BCUT2D eigenvalue weighted by Gasteiger charge is 2.15. The molecule has 0 saturated carbocycles. The van der Waals surface area contributed by atoms with Crippen LogP contribution in [-0.2, 0) is 20.0 Å². The van der Waals surface area contributed by atoms with Crippen molar-refractivity contribution in [2.45, 2.75) is 40.2 Å². The summed E-state index contributed by atoms with van der Waals surface area (Å²) >= 11 is 0. The molecule has 1 heterocycles. The Morgan fingerprint density at radius 1 is 1.53 bits per heavy atom. The van der Waals surface area contributed by atoms with Gasteiger partial charge in [-0.15, -0.1) is 0 Å². The topological polar surface area (TPSA) is 53.6 Å². The van der Waals surface area contributed by atoms with Gasteiger partial charge in [0.15, 0.2) is 0 Å². The van der Waals surface area contributed by atoms with E-state index in [0.29, 0.717) is 0 Å². The normalized spacial score (nSPS) is 11.5. The fourth-order valence-corrected chi connectivity index (χ4v) is 1.71. The summed E-state index contributed by atoms with van der Waals surface area (Å²) in [5.74, 6) is 0. The average molecular weight is 234 g/mol. The Kier molecular flexibility index (Phi) is 4.71. The van der Waals surface area contributed by atoms with Crippen molar-refractivity contribution >= 4 is 0 Å². The third-order valence-electron chi connectivity index (χ3n) is 2.87. The van der Waals surface area contributed by atoms with Crippen LogP contribution in [0.2, 0.25) is 0 Å². The second-order valence-electron chi connectivity index (χ2n) is 5.05. The van der Waals surface area contributed by atoms with Gasteiger partial charge < -0.3 is 5.32 Å². The second-order valence-corrected chi connectivity index (χ2v) is 5.05. The van der Waals surface area contributed by atoms with E-state index in [4.69, 9.17) is 5.26 Å². The summed E-state index contributed by atoms with van der Waals surface area (Å²) in [7, 11) is 1.95. The molecule has 0 saturated heterocycles. The smallest absolute Gasteiger partial charge is 0.0684 e. The number of aromatic nitrogens is 2. The van der Waals surface area contributed by atoms with E-state index >= 15 is 0 Å². The number of nitrogens with one attached hydrogen (secondary N) is 1. The third kappa shape index (κ3) is 4.20. The van der Waals surface area contributed by atoms with E-state index in [1.165, 1.54) is 5.56 Å². The zero-order valence-electron chi connectivity index (χ0n) is 11.2. The van der Waals surface area contributed by atoms with Gasteiger partial charge in [-0.3, -0.25) is 4.68 Å². The van der Waals surface area contributed by atoms with E-state index in [1.807, 2.05) is 25.6 Å². The van der Waals surface area contributed by atoms with Crippen molar-refractivity contribution in [3.05, 3.63) is 17.5 Å². The second kappa shape index (κ2) is 5.83. The lowest BCUT2D eigenvalue weighted by Crippen LogP contribution is -2.21. The minimum absolute atomic E-state index is 0.241. The number of nitriles is 1. The van der Waals surface area contributed by atoms with Gasteiger partial charge in [0.25, 0.3) is 0 Å². The molecule has 17 heavy (non-hydrogen) atoms. The summed E-state index contributed by atoms with van der Waals surface area (Å²) in [5, 5.41) is 16.7. The van der Waals surface area contributed by atoms with Gasteiger partial charge in [0.2, 0.25) is 0 Å². The minimum Gasteiger partial charge on any atom is -0.312 e. The highest BCUT2D eigenvalue weighted by molar-refractivity contribution is 5.16. The van der Waals surface area contributed by atoms with Crippen LogP contribution in [0.25, 0.3) is 0 Å². The Labute approximate surface area is 104 Å². The maximum absolute atomic E-state index is 8.90. The maximum atomic E-state index is 8.90. The summed E-state index contributed by atoms with van der Waals surface area (Å²) in [6.45, 7) is 7.74. The standard InChI is InChI=1S/C13H22N4/c1-5-12-11(9-17(4)16-12)8-15-7-6-13(2,3)10-14/h9,15H,5-8H2,1-4H3. The predicted octanol–water partition coefficient (Wildman–Crippen LogP) is 2.01. The molecule has 1 aromatic heterocycles. The Morgan fingerprint density at radius 2 is 2.24 bits per heavy atom. The first-order chi connectivity index (χ1) is 7.98. The summed E-state index contributed by atoms with van der Waals surface area (Å²) in [5.41, 5.74) is 2.17. The first-order valence-corrected chi connectivity index (χ1v) is 6.12. The summed E-state index contributed by atoms with van der Waals surface area (Å²) in [6, 6.07) is 2.31. The first kappa shape index (κ1) is 13.7. The molecule has 1 N–H and O–H groups in total. The van der Waals surface area contributed by atoms with Crippen LogP contribution in [0.5, 0.6) is 0 Å². The molecule has 0 aromatic carbocycles. The van der Waals surface area contributed by atoms with Crippen LogP contribution in [0.4, 0.5) is 0 Å². The molecule has 4 nitrogen and oxygen atoms in total. The zero-order chi connectivity index (χ0) is 12.9. The van der Waals surface area contributed by atoms with Gasteiger partial charge in [-0.25, -0.2) is 0 Å². The van der Waals surface area contributed by atoms with Crippen LogP contribution >= 0.6 is 0 Å². The molecular formula is C13H22N4. The Hall–Kier alpha value is -1.34. The lowest BCUT2D eigenvalue weighted by Gasteiger charge is -2.14. The highest BCUT2D eigenvalue weighted by atomic mass is 15.3. The molecule has 0 aliphatic heterocycles. The van der Waals surface area contributed by atoms with Gasteiger partial charge in [0.1, 0.15) is 0 Å². The maximum Gasteiger partial charge on any atom is 0.0684 e. The third-order valence-corrected chi connectivity index (χ3v) is 2.87. The monoisotopic (exact) mass is 234 g/mol. The Balaban J connectivity index is 2.39. The highest BCUT2D eigenvalue weighted by Crippen LogP contribution is 2.17. The minimum atomic E-state index is -0.241. The molecule has 0 spiro atoms. The molecule has 1 aromatic rings. The fourth-order valence-electron chi connectivity index (χ4n) is 1.71. The van der Waals surface area contributed by atoms with Crippen LogP contribution in [0.3, 0.4) is 0 Å². The van der Waals surface area contributed by atoms with E-state index in [1.54, 1.807) is 0 Å². The Bertz CT molecular complexity index is 398. The summed E-state index contributed by atoms with van der Waals surface area (Å²) in [6.07, 6.45) is 3.88. The molecule has 0 radical (unpaired) electrons. The number of hydrogen-bond donors (Lipinski definition) is 1. The number of nitrogens with zero attached hydrogens (tertiary/aromatic N) is 3. The van der Waals surface area contributed by atoms with Crippen LogP contribution in [0.1, 0.15) is 38.4 Å². The van der Waals surface area contributed by atoms with Crippen LogP contribution in [-0.4, -0.2) is 16.3 Å². The van der Waals surface area contributed by atoms with Crippen LogP contribution < -0.4 is 5.32 Å². The van der Waals surface area contributed by atoms with Crippen molar-refractivity contribution in [2.75, 3.05) is 6.54 Å². The van der Waals surface area contributed by atoms with Crippen molar-refractivity contribution < 1.29 is 0 Å². The summed E-state index contributed by atoms with van der Waals surface area (Å²) < 4.78 is 1.86. The van der Waals surface area contributed by atoms with E-state index in [0.717, 1.165) is 31.6 Å². The van der Waals surface area contributed by atoms with E-state index in [9.17, 15) is 0 Å². The molecule has 0 aliphatic carbocycles. The molecule has 0 amide bonds. The number of hydrogen-bond acceptors (Lipinski definition) is 3. The number of aryl methyl sites for hydroxylation is 2. The van der Waals surface area contributed by atoms with E-state index in [-0.39, 0.29) is 5.41 Å². The fraction of sp³-hybridized carbons (Fsp3) is 0.692. The molecule has 0 atom stereocenters. The van der Waals surface area contributed by atoms with Crippen LogP contribution in [0, 0.1) is 16.7 Å². The van der Waals surface area contributed by atoms with Crippen molar-refractivity contribution in [1.82, 2.24) is 15.1 Å². The van der Waals surface area contributed by atoms with E-state index < -0.39 is 0 Å². The van der Waals surface area contributed by atoms with Gasteiger partial charge in [0.05, 0.1) is 17.2 Å². The van der Waals surface area contributed by atoms with Gasteiger partial charge in [-0.2, -0.15) is 10.4 Å². The molecule has 0 unspecified atom stereocenters. The molecule has 94 valence electrons. The SMILES string of the molecule is CCc1nn(C)cc1CNCCC(C)(C)C#N. The van der Waals surface area contributed by atoms with E-state index in [2.05, 4.69) is 29.6 Å². The molecule has 0 bridgehead atoms. The van der Waals surface area contributed by atoms with Crippen molar-refractivity contribution in [1.29, 1.82) is 5.26 Å². The lowest BCUT2D eigenvalue weighted by atomic mass is 9.91. The average Bonchev–Trinajstić information content (AvgIpc) is 2.65. The largest absolute Gasteiger partial charge is 0.312 e.